The molecule has 11 rings (SSSR count). The van der Waals surface area contributed by atoms with Crippen molar-refractivity contribution in [3.05, 3.63) is 194 Å². The highest BCUT2D eigenvalue weighted by Crippen LogP contribution is 2.37. The smallest absolute Gasteiger partial charge is 0.164 e. The Labute approximate surface area is 339 Å². The Morgan fingerprint density at radius 2 is 1.00 bits per heavy atom. The Kier molecular flexibility index (Phi) is 5.10. The highest BCUT2D eigenvalue weighted by atomic mass is 16.3. The van der Waals surface area contributed by atoms with E-state index in [0.29, 0.717) is 33.9 Å². The minimum Gasteiger partial charge on any atom is -0.456 e. The van der Waals surface area contributed by atoms with Gasteiger partial charge in [-0.3, -0.25) is 0 Å². The lowest BCUT2D eigenvalue weighted by Crippen LogP contribution is -2.00. The quantitative estimate of drug-likeness (QED) is 0.171. The number of furan rings is 1. The van der Waals surface area contributed by atoms with Gasteiger partial charge in [-0.05, 0) is 70.7 Å². The van der Waals surface area contributed by atoms with Crippen molar-refractivity contribution in [3.8, 4) is 62.1 Å². The normalized spacial score (nSPS) is 14.6. The average Bonchev–Trinajstić information content (AvgIpc) is 3.92. The van der Waals surface area contributed by atoms with Crippen LogP contribution in [0.15, 0.2) is 198 Å². The van der Waals surface area contributed by atoms with E-state index in [1.165, 1.54) is 0 Å². The molecule has 0 radical (unpaired) electrons. The van der Waals surface area contributed by atoms with Gasteiger partial charge < -0.3 is 8.98 Å². The molecule has 0 bridgehead atoms. The molecule has 11 aromatic rings. The Hall–Kier alpha value is -7.63. The Morgan fingerprint density at radius 3 is 1.84 bits per heavy atom. The van der Waals surface area contributed by atoms with Crippen molar-refractivity contribution in [2.75, 3.05) is 0 Å². The molecule has 0 fully saturated rings. The molecule has 0 spiro atoms. The van der Waals surface area contributed by atoms with Gasteiger partial charge in [0.15, 0.2) is 17.5 Å². The second kappa shape index (κ2) is 13.0. The van der Waals surface area contributed by atoms with Crippen LogP contribution in [0.2, 0.25) is 0 Å². The van der Waals surface area contributed by atoms with Crippen molar-refractivity contribution >= 4 is 43.7 Å². The molecule has 56 heavy (non-hydrogen) atoms. The molecular formula is C51H32N4O. The van der Waals surface area contributed by atoms with E-state index >= 15 is 0 Å². The van der Waals surface area contributed by atoms with Crippen molar-refractivity contribution in [2.24, 2.45) is 0 Å². The van der Waals surface area contributed by atoms with Crippen molar-refractivity contribution in [3.63, 3.8) is 0 Å². The molecule has 0 N–H and O–H groups in total. The standard InChI is InChI=1S/C51H32N4O/c1-3-12-33(13-4-1)34-22-24-35(25-23-34)49-52-50(54-51(53-49)39-27-29-44-43-19-8-10-21-47(43)56-48(44)32-39)38-15-11-14-36(30-38)37-26-28-42-41-18-7-9-20-45(41)55(46(42)31-37)40-16-5-2-6-17-40/h1-32H/i2D,5D,6D,7D,9D,16D,17D,18D,20D,26D,28D,31D. The molecule has 0 aliphatic heterocycles. The van der Waals surface area contributed by atoms with E-state index in [2.05, 4.69) is 0 Å². The number of hydrogen-bond donors (Lipinski definition) is 0. The zero-order valence-electron chi connectivity index (χ0n) is 41.2. The maximum atomic E-state index is 9.79. The summed E-state index contributed by atoms with van der Waals surface area (Å²) in [6.07, 6.45) is 0. The van der Waals surface area contributed by atoms with E-state index in [9.17, 15) is 4.11 Å². The number of para-hydroxylation sites is 3. The van der Waals surface area contributed by atoms with Crippen LogP contribution in [-0.2, 0) is 0 Å². The average molecular weight is 729 g/mol. The number of aromatic nitrogens is 4. The molecule has 0 saturated carbocycles. The lowest BCUT2D eigenvalue weighted by molar-refractivity contribution is 0.669. The van der Waals surface area contributed by atoms with Crippen LogP contribution in [0.5, 0.6) is 0 Å². The third-order valence-electron chi connectivity index (χ3n) is 9.80. The summed E-state index contributed by atoms with van der Waals surface area (Å²) >= 11 is 0. The van der Waals surface area contributed by atoms with Gasteiger partial charge >= 0.3 is 0 Å². The highest BCUT2D eigenvalue weighted by molar-refractivity contribution is 6.10. The largest absolute Gasteiger partial charge is 0.456 e. The maximum Gasteiger partial charge on any atom is 0.164 e. The highest BCUT2D eigenvalue weighted by Gasteiger charge is 2.17. The predicted octanol–water partition coefficient (Wildman–Crippen LogP) is 13.2. The topological polar surface area (TPSA) is 56.7 Å². The van der Waals surface area contributed by atoms with Gasteiger partial charge in [0.1, 0.15) is 11.2 Å². The third kappa shape index (κ3) is 5.45. The van der Waals surface area contributed by atoms with Crippen LogP contribution >= 0.6 is 0 Å². The molecule has 0 unspecified atom stereocenters. The molecule has 3 heterocycles. The summed E-state index contributed by atoms with van der Waals surface area (Å²) in [6.45, 7) is 0. The van der Waals surface area contributed by atoms with Gasteiger partial charge in [0.05, 0.1) is 27.5 Å². The molecule has 3 aromatic heterocycles. The van der Waals surface area contributed by atoms with Crippen LogP contribution in [0, 0.1) is 0 Å². The molecule has 0 saturated heterocycles. The van der Waals surface area contributed by atoms with Gasteiger partial charge in [0.2, 0.25) is 0 Å². The summed E-state index contributed by atoms with van der Waals surface area (Å²) in [5.41, 5.74) is 4.39. The lowest BCUT2D eigenvalue weighted by atomic mass is 10.0. The van der Waals surface area contributed by atoms with E-state index in [1.54, 1.807) is 24.3 Å². The minimum absolute atomic E-state index is 0.0858. The van der Waals surface area contributed by atoms with E-state index < -0.39 is 78.2 Å². The Bertz CT molecular complexity index is 3920. The first kappa shape index (κ1) is 21.9. The molecule has 5 heteroatoms. The van der Waals surface area contributed by atoms with Crippen LogP contribution in [-0.4, -0.2) is 19.5 Å². The first-order valence-corrected chi connectivity index (χ1v) is 17.8. The molecule has 0 amide bonds. The molecule has 262 valence electrons. The van der Waals surface area contributed by atoms with Gasteiger partial charge in [-0.15, -0.1) is 0 Å². The summed E-state index contributed by atoms with van der Waals surface area (Å²) in [6, 6.07) is 30.7. The summed E-state index contributed by atoms with van der Waals surface area (Å²) < 4.78 is 114. The maximum absolute atomic E-state index is 9.79. The Morgan fingerprint density at radius 1 is 0.393 bits per heavy atom. The number of nitrogens with zero attached hydrogens (tertiary/aromatic N) is 4. The van der Waals surface area contributed by atoms with Crippen LogP contribution < -0.4 is 0 Å². The predicted molar refractivity (Wildman–Crippen MR) is 229 cm³/mol. The fourth-order valence-electron chi connectivity index (χ4n) is 7.12. The lowest BCUT2D eigenvalue weighted by Gasteiger charge is -2.11. The summed E-state index contributed by atoms with van der Waals surface area (Å²) in [7, 11) is 0. The fourth-order valence-corrected chi connectivity index (χ4v) is 7.12. The van der Waals surface area contributed by atoms with Crippen molar-refractivity contribution < 1.29 is 20.9 Å². The minimum atomic E-state index is -0.708. The first-order chi connectivity index (χ1) is 32.7. The van der Waals surface area contributed by atoms with Crippen LogP contribution in [0.3, 0.4) is 0 Å². The van der Waals surface area contributed by atoms with E-state index in [4.69, 9.17) is 31.7 Å². The van der Waals surface area contributed by atoms with Crippen molar-refractivity contribution in [2.45, 2.75) is 0 Å². The zero-order chi connectivity index (χ0) is 47.4. The SMILES string of the molecule is [2H]c1c([2H])c([2H])c(-n2c3c([2H])c([2H])c([2H])c([2H])c3c3c([2H])c([2H])c(-c4cccc(-c5nc(-c6ccc(-c7ccccc7)cc6)nc(-c6ccc7c(c6)oc6ccccc67)n5)c4)c([2H])c32)c([2H])c1[2H]. The van der Waals surface area contributed by atoms with Crippen molar-refractivity contribution in [1.29, 1.82) is 0 Å². The summed E-state index contributed by atoms with van der Waals surface area (Å²) in [4.78, 5) is 14.9. The molecule has 0 atom stereocenters. The van der Waals surface area contributed by atoms with Gasteiger partial charge in [-0.1, -0.05) is 145 Å². The monoisotopic (exact) mass is 728 g/mol. The second-order valence-corrected chi connectivity index (χ2v) is 13.1. The molecule has 0 aliphatic carbocycles. The molecule has 0 aliphatic rings. The first-order valence-electron chi connectivity index (χ1n) is 23.8. The molecular weight excluding hydrogens is 685 g/mol. The summed E-state index contributed by atoms with van der Waals surface area (Å²) in [5.74, 6) is 0.941. The fraction of sp³-hybridized carbons (Fsp3) is 0. The van der Waals surface area contributed by atoms with Gasteiger partial charge in [-0.25, -0.2) is 15.0 Å². The summed E-state index contributed by atoms with van der Waals surface area (Å²) in [5, 5.41) is 1.46. The number of fused-ring (bicyclic) bond motifs is 6. The number of benzene rings is 8. The zero-order valence-corrected chi connectivity index (χ0v) is 29.2. The van der Waals surface area contributed by atoms with Gasteiger partial charge in [-0.2, -0.15) is 0 Å². The van der Waals surface area contributed by atoms with Gasteiger partial charge in [0.25, 0.3) is 0 Å². The second-order valence-electron chi connectivity index (χ2n) is 13.1. The Balaban J connectivity index is 1.14. The third-order valence-corrected chi connectivity index (χ3v) is 9.80. The molecule has 5 nitrogen and oxygen atoms in total. The van der Waals surface area contributed by atoms with E-state index in [1.807, 2.05) is 97.1 Å². The van der Waals surface area contributed by atoms with Crippen LogP contribution in [0.25, 0.3) is 106 Å². The van der Waals surface area contributed by atoms with Crippen LogP contribution in [0.1, 0.15) is 16.4 Å². The number of hydrogen-bond acceptors (Lipinski definition) is 4. The molecule has 8 aromatic carbocycles. The van der Waals surface area contributed by atoms with Crippen molar-refractivity contribution in [1.82, 2.24) is 19.5 Å². The van der Waals surface area contributed by atoms with Gasteiger partial charge in [0, 0.05) is 43.9 Å². The van der Waals surface area contributed by atoms with Crippen LogP contribution in [0.4, 0.5) is 0 Å². The number of rotatable bonds is 6. The van der Waals surface area contributed by atoms with E-state index in [-0.39, 0.29) is 38.8 Å². The van der Waals surface area contributed by atoms with E-state index in [0.717, 1.165) is 32.0 Å².